The van der Waals surface area contributed by atoms with Crippen LogP contribution in [0.5, 0.6) is 0 Å². The Labute approximate surface area is 144 Å². The van der Waals surface area contributed by atoms with Gasteiger partial charge in [0.2, 0.25) is 5.91 Å². The van der Waals surface area contributed by atoms with Gasteiger partial charge in [-0.25, -0.2) is 0 Å². The Bertz CT molecular complexity index is 650. The van der Waals surface area contributed by atoms with Crippen LogP contribution in [0.1, 0.15) is 16.7 Å². The first-order chi connectivity index (χ1) is 11.6. The zero-order valence-corrected chi connectivity index (χ0v) is 14.5. The van der Waals surface area contributed by atoms with Gasteiger partial charge < -0.3 is 14.9 Å². The molecule has 3 heterocycles. The summed E-state index contributed by atoms with van der Waals surface area (Å²) >= 11 is 1.58. The van der Waals surface area contributed by atoms with E-state index in [1.54, 1.807) is 24.3 Å². The second-order valence-electron chi connectivity index (χ2n) is 5.98. The zero-order chi connectivity index (χ0) is 16.9. The fourth-order valence-electron chi connectivity index (χ4n) is 2.76. The molecule has 0 spiro atoms. The van der Waals surface area contributed by atoms with Crippen LogP contribution >= 0.6 is 11.3 Å². The van der Waals surface area contributed by atoms with Crippen molar-refractivity contribution in [2.75, 3.05) is 44.6 Å². The number of hydrogen-bond acceptors (Lipinski definition) is 7. The van der Waals surface area contributed by atoms with Gasteiger partial charge in [0, 0.05) is 43.7 Å². The molecule has 7 nitrogen and oxygen atoms in total. The van der Waals surface area contributed by atoms with Crippen LogP contribution in [-0.2, 0) is 4.79 Å². The van der Waals surface area contributed by atoms with Crippen molar-refractivity contribution in [2.45, 2.75) is 13.0 Å². The number of carbonyl (C=O) groups is 1. The van der Waals surface area contributed by atoms with Gasteiger partial charge in [-0.3, -0.25) is 14.6 Å². The summed E-state index contributed by atoms with van der Waals surface area (Å²) in [5.41, 5.74) is 0. The predicted octanol–water partition coefficient (Wildman–Crippen LogP) is 1.33. The molecule has 0 bridgehead atoms. The Balaban J connectivity index is 1.39. The lowest BCUT2D eigenvalue weighted by molar-refractivity contribution is -0.117. The molecule has 2 aromatic rings. The highest BCUT2D eigenvalue weighted by Crippen LogP contribution is 2.20. The first kappa shape index (κ1) is 17.1. The van der Waals surface area contributed by atoms with E-state index in [9.17, 15) is 9.90 Å². The number of nitrogens with zero attached hydrogens (tertiary/aromatic N) is 3. The molecule has 0 radical (unpaired) electrons. The van der Waals surface area contributed by atoms with E-state index < -0.39 is 6.10 Å². The molecule has 0 aliphatic carbocycles. The van der Waals surface area contributed by atoms with Gasteiger partial charge in [-0.2, -0.15) is 0 Å². The summed E-state index contributed by atoms with van der Waals surface area (Å²) in [7, 11) is 0. The van der Waals surface area contributed by atoms with Crippen molar-refractivity contribution < 1.29 is 14.4 Å². The summed E-state index contributed by atoms with van der Waals surface area (Å²) in [6.07, 6.45) is -0.435. The number of aromatic nitrogens is 1. The van der Waals surface area contributed by atoms with Gasteiger partial charge >= 0.3 is 0 Å². The van der Waals surface area contributed by atoms with E-state index in [0.29, 0.717) is 24.7 Å². The smallest absolute Gasteiger partial charge is 0.239 e. The summed E-state index contributed by atoms with van der Waals surface area (Å²) in [4.78, 5) is 17.4. The number of piperazine rings is 1. The third-order valence-electron chi connectivity index (χ3n) is 4.03. The Morgan fingerprint density at radius 1 is 1.42 bits per heavy atom. The molecule has 24 heavy (non-hydrogen) atoms. The van der Waals surface area contributed by atoms with Crippen LogP contribution in [0.15, 0.2) is 28.1 Å². The number of amides is 1. The van der Waals surface area contributed by atoms with E-state index in [2.05, 4.69) is 20.3 Å². The molecule has 130 valence electrons. The van der Waals surface area contributed by atoms with Crippen molar-refractivity contribution >= 4 is 23.1 Å². The topological polar surface area (TPSA) is 81.8 Å². The quantitative estimate of drug-likeness (QED) is 0.818. The molecule has 1 atom stereocenters. The summed E-state index contributed by atoms with van der Waals surface area (Å²) in [6.45, 7) is 6.07. The predicted molar refractivity (Wildman–Crippen MR) is 92.0 cm³/mol. The number of β-amino-alcohol motifs (C(OH)–C–C–N with tert-alkyl or cyclic N) is 1. The first-order valence-electron chi connectivity index (χ1n) is 7.99. The molecular formula is C16H22N4O3S. The molecular weight excluding hydrogens is 328 g/mol. The number of rotatable bonds is 6. The summed E-state index contributed by atoms with van der Waals surface area (Å²) in [6, 6.07) is 5.61. The van der Waals surface area contributed by atoms with Crippen LogP contribution in [0.25, 0.3) is 0 Å². The molecule has 0 saturated carbocycles. The van der Waals surface area contributed by atoms with Crippen molar-refractivity contribution in [1.82, 2.24) is 15.0 Å². The number of anilines is 1. The average molecular weight is 350 g/mol. The fourth-order valence-corrected chi connectivity index (χ4v) is 3.46. The van der Waals surface area contributed by atoms with Crippen molar-refractivity contribution in [1.29, 1.82) is 0 Å². The maximum absolute atomic E-state index is 12.0. The number of aryl methyl sites for hydroxylation is 1. The van der Waals surface area contributed by atoms with Crippen LogP contribution in [-0.4, -0.2) is 65.2 Å². The molecule has 1 fully saturated rings. The van der Waals surface area contributed by atoms with E-state index in [1.165, 1.54) is 0 Å². The molecule has 1 aliphatic rings. The van der Waals surface area contributed by atoms with Crippen LogP contribution in [0.2, 0.25) is 0 Å². The Morgan fingerprint density at radius 3 is 2.79 bits per heavy atom. The Morgan fingerprint density at radius 2 is 2.17 bits per heavy atom. The zero-order valence-electron chi connectivity index (χ0n) is 13.6. The number of nitrogens with one attached hydrogen (secondary N) is 1. The number of thiophene rings is 1. The molecule has 3 rings (SSSR count). The monoisotopic (exact) mass is 350 g/mol. The SMILES string of the molecule is Cc1cc(NC(=O)CN2CCN(C[C@@H](O)c3cccs3)CC2)no1. The molecule has 2 N–H and O–H groups in total. The normalized spacial score (nSPS) is 17.8. The molecule has 1 saturated heterocycles. The number of aliphatic hydroxyl groups is 1. The standard InChI is InChI=1S/C16H22N4O3S/c1-12-9-15(18-23-12)17-16(22)11-20-6-4-19(5-7-20)10-13(21)14-3-2-8-24-14/h2-3,8-9,13,21H,4-7,10-11H2,1H3,(H,17,18,22)/t13-/m1/s1. The maximum atomic E-state index is 12.0. The molecule has 8 heteroatoms. The number of aliphatic hydroxyl groups excluding tert-OH is 1. The van der Waals surface area contributed by atoms with Crippen molar-refractivity contribution in [3.05, 3.63) is 34.2 Å². The second kappa shape index (κ2) is 7.89. The van der Waals surface area contributed by atoms with Crippen molar-refractivity contribution in [2.24, 2.45) is 0 Å². The fraction of sp³-hybridized carbons (Fsp3) is 0.500. The van der Waals surface area contributed by atoms with Gasteiger partial charge in [-0.1, -0.05) is 11.2 Å². The first-order valence-corrected chi connectivity index (χ1v) is 8.87. The van der Waals surface area contributed by atoms with Gasteiger partial charge in [-0.05, 0) is 18.4 Å². The highest BCUT2D eigenvalue weighted by Gasteiger charge is 2.21. The van der Waals surface area contributed by atoms with Gasteiger partial charge in [0.25, 0.3) is 0 Å². The lowest BCUT2D eigenvalue weighted by atomic mass is 10.2. The lowest BCUT2D eigenvalue weighted by Crippen LogP contribution is -2.49. The van der Waals surface area contributed by atoms with Crippen LogP contribution < -0.4 is 5.32 Å². The average Bonchev–Trinajstić information content (AvgIpc) is 3.21. The molecule has 0 unspecified atom stereocenters. The van der Waals surface area contributed by atoms with Crippen molar-refractivity contribution in [3.8, 4) is 0 Å². The van der Waals surface area contributed by atoms with Crippen molar-refractivity contribution in [3.63, 3.8) is 0 Å². The highest BCUT2D eigenvalue weighted by molar-refractivity contribution is 7.10. The molecule has 1 aliphatic heterocycles. The van der Waals surface area contributed by atoms with Crippen LogP contribution in [0, 0.1) is 6.92 Å². The third kappa shape index (κ3) is 4.64. The minimum absolute atomic E-state index is 0.0876. The van der Waals surface area contributed by atoms with E-state index in [1.807, 2.05) is 17.5 Å². The van der Waals surface area contributed by atoms with Gasteiger partial charge in [0.1, 0.15) is 11.9 Å². The summed E-state index contributed by atoms with van der Waals surface area (Å²) < 4.78 is 4.93. The van der Waals surface area contributed by atoms with Crippen LogP contribution in [0.4, 0.5) is 5.82 Å². The van der Waals surface area contributed by atoms with Gasteiger partial charge in [0.05, 0.1) is 6.54 Å². The molecule has 2 aromatic heterocycles. The summed E-state index contributed by atoms with van der Waals surface area (Å²) in [5, 5.41) is 18.7. The molecule has 0 aromatic carbocycles. The van der Waals surface area contributed by atoms with E-state index in [4.69, 9.17) is 4.52 Å². The van der Waals surface area contributed by atoms with Gasteiger partial charge in [-0.15, -0.1) is 11.3 Å². The Kier molecular flexibility index (Phi) is 5.62. The van der Waals surface area contributed by atoms with Gasteiger partial charge in [0.15, 0.2) is 5.82 Å². The van der Waals surface area contributed by atoms with Crippen LogP contribution in [0.3, 0.4) is 0 Å². The lowest BCUT2D eigenvalue weighted by Gasteiger charge is -2.35. The third-order valence-corrected chi connectivity index (χ3v) is 5.00. The minimum atomic E-state index is -0.435. The minimum Gasteiger partial charge on any atom is -0.386 e. The molecule has 1 amide bonds. The Hall–Kier alpha value is -1.74. The number of carbonyl (C=O) groups excluding carboxylic acids is 1. The number of hydrogen-bond donors (Lipinski definition) is 2. The largest absolute Gasteiger partial charge is 0.386 e. The summed E-state index contributed by atoms with van der Waals surface area (Å²) in [5.74, 6) is 1.04. The van der Waals surface area contributed by atoms with E-state index in [0.717, 1.165) is 31.1 Å². The maximum Gasteiger partial charge on any atom is 0.239 e. The van der Waals surface area contributed by atoms with E-state index in [-0.39, 0.29) is 5.91 Å². The van der Waals surface area contributed by atoms with E-state index >= 15 is 0 Å². The highest BCUT2D eigenvalue weighted by atomic mass is 32.1. The second-order valence-corrected chi connectivity index (χ2v) is 6.96.